The molecular weight excluding hydrogens is 216 g/mol. The first-order valence-electron chi connectivity index (χ1n) is 6.34. The molecule has 0 aromatic heterocycles. The van der Waals surface area contributed by atoms with E-state index in [2.05, 4.69) is 0 Å². The molecule has 0 saturated heterocycles. The van der Waals surface area contributed by atoms with Crippen molar-refractivity contribution < 1.29 is 14.3 Å². The fourth-order valence-corrected chi connectivity index (χ4v) is 2.02. The van der Waals surface area contributed by atoms with Gasteiger partial charge < -0.3 is 4.74 Å². The Balaban J connectivity index is 2.85. The molecule has 2 atom stereocenters. The molecule has 1 heterocycles. The topological polar surface area (TPSA) is 43.4 Å². The van der Waals surface area contributed by atoms with Crippen LogP contribution in [0.3, 0.4) is 0 Å². The van der Waals surface area contributed by atoms with Crippen molar-refractivity contribution in [3.05, 3.63) is 12.2 Å². The van der Waals surface area contributed by atoms with Crippen molar-refractivity contribution in [3.63, 3.8) is 0 Å². The van der Waals surface area contributed by atoms with Gasteiger partial charge in [-0.1, -0.05) is 39.8 Å². The van der Waals surface area contributed by atoms with E-state index in [1.54, 1.807) is 0 Å². The van der Waals surface area contributed by atoms with E-state index in [1.165, 1.54) is 0 Å². The van der Waals surface area contributed by atoms with Gasteiger partial charge in [0.2, 0.25) is 0 Å². The molecule has 96 valence electrons. The first-order valence-corrected chi connectivity index (χ1v) is 6.34. The van der Waals surface area contributed by atoms with E-state index in [4.69, 9.17) is 4.74 Å². The zero-order valence-corrected chi connectivity index (χ0v) is 11.1. The monoisotopic (exact) mass is 238 g/mol. The lowest BCUT2D eigenvalue weighted by molar-refractivity contribution is -0.167. The number of carbonyl (C=O) groups excluding carboxylic acids is 2. The van der Waals surface area contributed by atoms with Crippen molar-refractivity contribution in [2.24, 2.45) is 23.7 Å². The number of hydrogen-bond acceptors (Lipinski definition) is 3. The Labute approximate surface area is 103 Å². The molecule has 3 nitrogen and oxygen atoms in total. The van der Waals surface area contributed by atoms with E-state index in [0.29, 0.717) is 12.8 Å². The van der Waals surface area contributed by atoms with Gasteiger partial charge in [0.1, 0.15) is 0 Å². The summed E-state index contributed by atoms with van der Waals surface area (Å²) in [5, 5.41) is 0. The van der Waals surface area contributed by atoms with E-state index in [0.717, 1.165) is 0 Å². The normalized spacial score (nSPS) is 28.6. The largest absolute Gasteiger partial charge is 0.393 e. The summed E-state index contributed by atoms with van der Waals surface area (Å²) in [4.78, 5) is 23.7. The van der Waals surface area contributed by atoms with Gasteiger partial charge in [0.25, 0.3) is 0 Å². The van der Waals surface area contributed by atoms with Crippen LogP contribution in [0.4, 0.5) is 0 Å². The Hall–Kier alpha value is -1.12. The lowest BCUT2D eigenvalue weighted by Crippen LogP contribution is -2.29. The van der Waals surface area contributed by atoms with Gasteiger partial charge in [-0.25, -0.2) is 0 Å². The third-order valence-electron chi connectivity index (χ3n) is 3.36. The zero-order valence-electron chi connectivity index (χ0n) is 11.1. The number of esters is 2. The highest BCUT2D eigenvalue weighted by molar-refractivity contribution is 5.88. The summed E-state index contributed by atoms with van der Waals surface area (Å²) in [6, 6.07) is 0. The molecule has 0 aromatic carbocycles. The fourth-order valence-electron chi connectivity index (χ4n) is 2.02. The maximum Gasteiger partial charge on any atom is 0.317 e. The van der Waals surface area contributed by atoms with Crippen molar-refractivity contribution in [2.45, 2.75) is 40.5 Å². The summed E-state index contributed by atoms with van der Waals surface area (Å²) in [7, 11) is 0. The van der Waals surface area contributed by atoms with Crippen LogP contribution in [0.5, 0.6) is 0 Å². The molecule has 0 aliphatic carbocycles. The molecule has 17 heavy (non-hydrogen) atoms. The average Bonchev–Trinajstić information content (AvgIpc) is 2.26. The van der Waals surface area contributed by atoms with Crippen molar-refractivity contribution in [1.29, 1.82) is 0 Å². The van der Waals surface area contributed by atoms with Gasteiger partial charge in [-0.15, -0.1) is 0 Å². The number of cyclic esters (lactones) is 2. The number of hydrogen-bond donors (Lipinski definition) is 0. The van der Waals surface area contributed by atoms with E-state index in [9.17, 15) is 9.59 Å². The number of rotatable bonds is 2. The highest BCUT2D eigenvalue weighted by atomic mass is 16.6. The highest BCUT2D eigenvalue weighted by Crippen LogP contribution is 2.24. The van der Waals surface area contributed by atoms with Crippen LogP contribution in [0, 0.1) is 23.7 Å². The van der Waals surface area contributed by atoms with Crippen molar-refractivity contribution in [3.8, 4) is 0 Å². The molecule has 0 fully saturated rings. The van der Waals surface area contributed by atoms with Crippen LogP contribution in [0.1, 0.15) is 40.5 Å². The van der Waals surface area contributed by atoms with Crippen LogP contribution >= 0.6 is 0 Å². The maximum absolute atomic E-state index is 11.9. The standard InChI is InChI=1S/C14H22O3/c1-9(2)11-7-5-6-8-12(10(3)4)14(16)17-13(11)15/h5-6,9-12H,7-8H2,1-4H3/b6-5+/t11-,12?/m0/s1. The first kappa shape index (κ1) is 13.9. The summed E-state index contributed by atoms with van der Waals surface area (Å²) in [5.41, 5.74) is 0. The van der Waals surface area contributed by atoms with Crippen molar-refractivity contribution in [1.82, 2.24) is 0 Å². The molecule has 0 aromatic rings. The number of allylic oxidation sites excluding steroid dienone is 2. The minimum atomic E-state index is -0.373. The smallest absolute Gasteiger partial charge is 0.317 e. The second-order valence-electron chi connectivity index (χ2n) is 5.38. The molecule has 1 aliphatic rings. The Morgan fingerprint density at radius 2 is 1.29 bits per heavy atom. The summed E-state index contributed by atoms with van der Waals surface area (Å²) in [5.74, 6) is -0.780. The second kappa shape index (κ2) is 5.99. The zero-order chi connectivity index (χ0) is 13.0. The van der Waals surface area contributed by atoms with E-state index in [1.807, 2.05) is 39.8 Å². The van der Waals surface area contributed by atoms with Gasteiger partial charge in [0.05, 0.1) is 11.8 Å². The molecule has 0 bridgehead atoms. The Morgan fingerprint density at radius 1 is 0.941 bits per heavy atom. The average molecular weight is 238 g/mol. The molecule has 0 saturated carbocycles. The lowest BCUT2D eigenvalue weighted by Gasteiger charge is -2.19. The number of ether oxygens (including phenoxy) is 1. The molecule has 0 radical (unpaired) electrons. The van der Waals surface area contributed by atoms with Gasteiger partial charge in [-0.05, 0) is 24.7 Å². The Kier molecular flexibility index (Phi) is 4.91. The maximum atomic E-state index is 11.9. The second-order valence-corrected chi connectivity index (χ2v) is 5.38. The predicted molar refractivity (Wildman–Crippen MR) is 66.1 cm³/mol. The van der Waals surface area contributed by atoms with Gasteiger partial charge in [0.15, 0.2) is 0 Å². The summed E-state index contributed by atoms with van der Waals surface area (Å²) in [6.07, 6.45) is 5.32. The Morgan fingerprint density at radius 3 is 1.59 bits per heavy atom. The Bertz CT molecular complexity index is 285. The van der Waals surface area contributed by atoms with Gasteiger partial charge in [0, 0.05) is 0 Å². The van der Waals surface area contributed by atoms with Crippen molar-refractivity contribution in [2.75, 3.05) is 0 Å². The SMILES string of the molecule is CC(C)C1C/C=C/C[C@@H](C(C)C)C(=O)OC1=O. The van der Waals surface area contributed by atoms with Crippen molar-refractivity contribution >= 4 is 11.9 Å². The third-order valence-corrected chi connectivity index (χ3v) is 3.36. The van der Waals surface area contributed by atoms with Crippen LogP contribution in [-0.2, 0) is 14.3 Å². The van der Waals surface area contributed by atoms with Gasteiger partial charge in [-0.2, -0.15) is 0 Å². The van der Waals surface area contributed by atoms with Crippen LogP contribution in [0.25, 0.3) is 0 Å². The van der Waals surface area contributed by atoms with Crippen LogP contribution in [0.2, 0.25) is 0 Å². The summed E-state index contributed by atoms with van der Waals surface area (Å²) < 4.78 is 5.00. The lowest BCUT2D eigenvalue weighted by atomic mass is 9.92. The summed E-state index contributed by atoms with van der Waals surface area (Å²) in [6.45, 7) is 7.90. The fraction of sp³-hybridized carbons (Fsp3) is 0.714. The highest BCUT2D eigenvalue weighted by Gasteiger charge is 2.30. The molecule has 1 aliphatic heterocycles. The van der Waals surface area contributed by atoms with E-state index < -0.39 is 0 Å². The quantitative estimate of drug-likeness (QED) is 0.422. The van der Waals surface area contributed by atoms with Crippen LogP contribution in [-0.4, -0.2) is 11.9 Å². The minimum absolute atomic E-state index is 0.190. The molecule has 0 amide bonds. The molecule has 1 rings (SSSR count). The molecule has 0 spiro atoms. The van der Waals surface area contributed by atoms with E-state index >= 15 is 0 Å². The minimum Gasteiger partial charge on any atom is -0.393 e. The summed E-state index contributed by atoms with van der Waals surface area (Å²) >= 11 is 0. The number of carbonyl (C=O) groups is 2. The molecule has 3 heteroatoms. The molecule has 1 unspecified atom stereocenters. The van der Waals surface area contributed by atoms with Gasteiger partial charge in [-0.3, -0.25) is 9.59 Å². The predicted octanol–water partition coefficient (Wildman–Crippen LogP) is 2.95. The first-order chi connectivity index (χ1) is 7.93. The van der Waals surface area contributed by atoms with E-state index in [-0.39, 0.29) is 35.6 Å². The van der Waals surface area contributed by atoms with Crippen LogP contribution < -0.4 is 0 Å². The van der Waals surface area contributed by atoms with Crippen LogP contribution in [0.15, 0.2) is 12.2 Å². The molecule has 0 N–H and O–H groups in total. The third kappa shape index (κ3) is 3.69. The van der Waals surface area contributed by atoms with Gasteiger partial charge >= 0.3 is 11.9 Å². The molecular formula is C14H22O3.